The molecule has 0 atom stereocenters. The number of Topliss-reactive ketones (excluding diaryl/α,β-unsaturated/α-hetero) is 1. The van der Waals surface area contributed by atoms with Crippen molar-refractivity contribution in [2.75, 3.05) is 13.2 Å². The molecule has 0 aromatic heterocycles. The van der Waals surface area contributed by atoms with Crippen molar-refractivity contribution in [2.24, 2.45) is 0 Å². The van der Waals surface area contributed by atoms with Gasteiger partial charge in [-0.25, -0.2) is 4.79 Å². The predicted octanol–water partition coefficient (Wildman–Crippen LogP) is 0.201. The Bertz CT molecular complexity index is 255. The Morgan fingerprint density at radius 3 is 2.33 bits per heavy atom. The van der Waals surface area contributed by atoms with Gasteiger partial charge >= 0.3 is 5.97 Å². The van der Waals surface area contributed by atoms with Gasteiger partial charge in [-0.05, 0) is 13.3 Å². The Balaban J connectivity index is 3.48. The van der Waals surface area contributed by atoms with Crippen LogP contribution in [0.2, 0.25) is 0 Å². The maximum atomic E-state index is 10.9. The Hall–Kier alpha value is -1.65. The first-order chi connectivity index (χ1) is 6.95. The summed E-state index contributed by atoms with van der Waals surface area (Å²) in [5.74, 6) is -1.61. The van der Waals surface area contributed by atoms with Gasteiger partial charge in [-0.2, -0.15) is 0 Å². The zero-order valence-electron chi connectivity index (χ0n) is 8.96. The lowest BCUT2D eigenvalue weighted by molar-refractivity contribution is -0.139. The molecule has 0 saturated carbocycles. The second-order valence-corrected chi connectivity index (χ2v) is 3.08. The van der Waals surface area contributed by atoms with Crippen LogP contribution < -0.4 is 5.32 Å². The van der Waals surface area contributed by atoms with Crippen molar-refractivity contribution in [3.05, 3.63) is 12.2 Å². The molecular weight excluding hydrogens is 198 g/mol. The van der Waals surface area contributed by atoms with Crippen molar-refractivity contribution in [3.8, 4) is 0 Å². The van der Waals surface area contributed by atoms with Gasteiger partial charge in [-0.1, -0.05) is 6.58 Å². The molecule has 0 aromatic rings. The number of ether oxygens (including phenoxy) is 1. The molecule has 0 fully saturated rings. The third-order valence-corrected chi connectivity index (χ3v) is 1.51. The largest absolute Gasteiger partial charge is 0.462 e. The third-order valence-electron chi connectivity index (χ3n) is 1.51. The number of rotatable bonds is 6. The van der Waals surface area contributed by atoms with Gasteiger partial charge in [0.1, 0.15) is 0 Å². The highest BCUT2D eigenvalue weighted by molar-refractivity contribution is 6.35. The smallest absolute Gasteiger partial charge is 0.333 e. The fourth-order valence-corrected chi connectivity index (χ4v) is 0.687. The molecule has 5 heteroatoms. The van der Waals surface area contributed by atoms with Crippen LogP contribution in [0.3, 0.4) is 0 Å². The number of carbonyl (C=O) groups is 3. The summed E-state index contributed by atoms with van der Waals surface area (Å²) < 4.78 is 4.77. The van der Waals surface area contributed by atoms with Crippen LogP contribution in [-0.2, 0) is 19.1 Å². The van der Waals surface area contributed by atoms with E-state index in [-0.39, 0.29) is 6.61 Å². The van der Waals surface area contributed by atoms with Crippen molar-refractivity contribution in [3.63, 3.8) is 0 Å². The van der Waals surface area contributed by atoms with E-state index in [0.717, 1.165) is 0 Å². The van der Waals surface area contributed by atoms with Crippen molar-refractivity contribution in [1.82, 2.24) is 5.32 Å². The van der Waals surface area contributed by atoms with Gasteiger partial charge in [-0.3, -0.25) is 9.59 Å². The highest BCUT2D eigenvalue weighted by Crippen LogP contribution is 1.92. The maximum Gasteiger partial charge on any atom is 0.333 e. The molecule has 84 valence electrons. The molecule has 5 nitrogen and oxygen atoms in total. The predicted molar refractivity (Wildman–Crippen MR) is 54.1 cm³/mol. The highest BCUT2D eigenvalue weighted by atomic mass is 16.5. The monoisotopic (exact) mass is 213 g/mol. The third kappa shape index (κ3) is 6.42. The first-order valence-corrected chi connectivity index (χ1v) is 4.56. The van der Waals surface area contributed by atoms with Crippen LogP contribution in [0.1, 0.15) is 20.3 Å². The topological polar surface area (TPSA) is 72.5 Å². The fourth-order valence-electron chi connectivity index (χ4n) is 0.687. The summed E-state index contributed by atoms with van der Waals surface area (Å²) in [4.78, 5) is 32.1. The minimum absolute atomic E-state index is 0.198. The zero-order valence-corrected chi connectivity index (χ0v) is 8.96. The molecule has 0 unspecified atom stereocenters. The second-order valence-electron chi connectivity index (χ2n) is 3.08. The van der Waals surface area contributed by atoms with E-state index in [1.165, 1.54) is 6.92 Å². The van der Waals surface area contributed by atoms with E-state index in [1.807, 2.05) is 0 Å². The first kappa shape index (κ1) is 13.4. The summed E-state index contributed by atoms with van der Waals surface area (Å²) in [5.41, 5.74) is 0.336. The summed E-state index contributed by atoms with van der Waals surface area (Å²) >= 11 is 0. The number of hydrogen-bond acceptors (Lipinski definition) is 4. The molecule has 0 radical (unpaired) electrons. The Morgan fingerprint density at radius 2 is 1.87 bits per heavy atom. The van der Waals surface area contributed by atoms with Crippen LogP contribution in [-0.4, -0.2) is 30.8 Å². The lowest BCUT2D eigenvalue weighted by Crippen LogP contribution is -2.30. The highest BCUT2D eigenvalue weighted by Gasteiger charge is 2.06. The van der Waals surface area contributed by atoms with Crippen molar-refractivity contribution in [2.45, 2.75) is 20.3 Å². The number of ketones is 1. The van der Waals surface area contributed by atoms with Crippen LogP contribution in [0.25, 0.3) is 0 Å². The van der Waals surface area contributed by atoms with Crippen molar-refractivity contribution in [1.29, 1.82) is 0 Å². The number of carbonyl (C=O) groups excluding carboxylic acids is 3. The summed E-state index contributed by atoms with van der Waals surface area (Å²) in [6.45, 7) is 6.67. The fraction of sp³-hybridized carbons (Fsp3) is 0.500. The van der Waals surface area contributed by atoms with Gasteiger partial charge in [0.2, 0.25) is 5.78 Å². The molecule has 0 aliphatic rings. The van der Waals surface area contributed by atoms with E-state index >= 15 is 0 Å². The SMILES string of the molecule is C=C(C)C(=O)OCCCNC(=O)C(C)=O. The molecule has 0 spiro atoms. The van der Waals surface area contributed by atoms with E-state index in [0.29, 0.717) is 18.5 Å². The Kier molecular flexibility index (Phi) is 6.01. The first-order valence-electron chi connectivity index (χ1n) is 4.56. The van der Waals surface area contributed by atoms with Gasteiger partial charge in [0.25, 0.3) is 5.91 Å². The van der Waals surface area contributed by atoms with E-state index in [2.05, 4.69) is 11.9 Å². The van der Waals surface area contributed by atoms with Gasteiger partial charge in [-0.15, -0.1) is 0 Å². The van der Waals surface area contributed by atoms with Gasteiger partial charge in [0.05, 0.1) is 6.61 Å². The number of nitrogens with one attached hydrogen (secondary N) is 1. The van der Waals surface area contributed by atoms with Crippen molar-refractivity contribution < 1.29 is 19.1 Å². The zero-order chi connectivity index (χ0) is 11.8. The number of amides is 1. The minimum Gasteiger partial charge on any atom is -0.462 e. The normalized spacial score (nSPS) is 9.20. The van der Waals surface area contributed by atoms with E-state index in [9.17, 15) is 14.4 Å². The van der Waals surface area contributed by atoms with Gasteiger partial charge in [0.15, 0.2) is 0 Å². The number of hydrogen-bond donors (Lipinski definition) is 1. The summed E-state index contributed by atoms with van der Waals surface area (Å²) in [5, 5.41) is 2.38. The Labute approximate surface area is 88.5 Å². The quantitative estimate of drug-likeness (QED) is 0.296. The van der Waals surface area contributed by atoms with Crippen LogP contribution in [0.5, 0.6) is 0 Å². The standard InChI is InChI=1S/C10H15NO4/c1-7(2)10(14)15-6-4-5-11-9(13)8(3)12/h1,4-6H2,2-3H3,(H,11,13). The maximum absolute atomic E-state index is 10.9. The van der Waals surface area contributed by atoms with E-state index < -0.39 is 17.7 Å². The van der Waals surface area contributed by atoms with Gasteiger partial charge in [0, 0.05) is 19.0 Å². The van der Waals surface area contributed by atoms with Gasteiger partial charge < -0.3 is 10.1 Å². The summed E-state index contributed by atoms with van der Waals surface area (Å²) in [6.07, 6.45) is 0.470. The minimum atomic E-state index is -0.624. The molecule has 0 bridgehead atoms. The van der Waals surface area contributed by atoms with Crippen LogP contribution >= 0.6 is 0 Å². The average molecular weight is 213 g/mol. The Morgan fingerprint density at radius 1 is 1.27 bits per heavy atom. The van der Waals surface area contributed by atoms with Crippen LogP contribution in [0, 0.1) is 0 Å². The molecule has 1 amide bonds. The molecule has 0 saturated heterocycles. The molecule has 0 aliphatic carbocycles. The average Bonchev–Trinajstić information content (AvgIpc) is 2.16. The van der Waals surface area contributed by atoms with E-state index in [4.69, 9.17) is 4.74 Å². The van der Waals surface area contributed by atoms with Crippen molar-refractivity contribution >= 4 is 17.7 Å². The van der Waals surface area contributed by atoms with E-state index in [1.54, 1.807) is 6.92 Å². The van der Waals surface area contributed by atoms with Crippen LogP contribution in [0.4, 0.5) is 0 Å². The summed E-state index contributed by atoms with van der Waals surface area (Å²) in [6, 6.07) is 0. The molecule has 0 heterocycles. The molecular formula is C10H15NO4. The summed E-state index contributed by atoms with van der Waals surface area (Å²) in [7, 11) is 0. The molecule has 15 heavy (non-hydrogen) atoms. The molecule has 0 aromatic carbocycles. The lowest BCUT2D eigenvalue weighted by Gasteiger charge is -2.04. The second kappa shape index (κ2) is 6.75. The number of esters is 1. The molecule has 0 aliphatic heterocycles. The van der Waals surface area contributed by atoms with Crippen LogP contribution in [0.15, 0.2) is 12.2 Å². The molecule has 0 rings (SSSR count). The molecule has 1 N–H and O–H groups in total. The lowest BCUT2D eigenvalue weighted by atomic mass is 10.3.